The fourth-order valence-corrected chi connectivity index (χ4v) is 3.43. The number of anilines is 2. The van der Waals surface area contributed by atoms with E-state index in [0.29, 0.717) is 10.8 Å². The Bertz CT molecular complexity index is 971. The van der Waals surface area contributed by atoms with E-state index in [4.69, 9.17) is 11.6 Å². The standard InChI is InChI=1S/C23H21ClN2O2S/c1-16-2-8-19(9-3-16)26-23(28)15-29-21-12-10-20(11-13-21)25-22(27)14-17-4-6-18(24)7-5-17/h2-13H,14-15H2,1H3,(H,25,27)(H,26,28). The second-order valence-electron chi connectivity index (χ2n) is 6.58. The molecule has 0 atom stereocenters. The summed E-state index contributed by atoms with van der Waals surface area (Å²) in [5, 5.41) is 6.40. The summed E-state index contributed by atoms with van der Waals surface area (Å²) in [5.41, 5.74) is 3.56. The first-order valence-corrected chi connectivity index (χ1v) is 10.5. The lowest BCUT2D eigenvalue weighted by Gasteiger charge is -2.08. The average molecular weight is 425 g/mol. The SMILES string of the molecule is Cc1ccc(NC(=O)CSc2ccc(NC(=O)Cc3ccc(Cl)cc3)cc2)cc1. The van der Waals surface area contributed by atoms with Crippen LogP contribution in [-0.4, -0.2) is 17.6 Å². The number of thioether (sulfide) groups is 1. The van der Waals surface area contributed by atoms with Crippen LogP contribution < -0.4 is 10.6 Å². The van der Waals surface area contributed by atoms with E-state index in [1.165, 1.54) is 11.8 Å². The molecule has 0 heterocycles. The number of nitrogens with one attached hydrogen (secondary N) is 2. The molecule has 0 aromatic heterocycles. The van der Waals surface area contributed by atoms with E-state index >= 15 is 0 Å². The number of aryl methyl sites for hydroxylation is 1. The number of rotatable bonds is 7. The third-order valence-electron chi connectivity index (χ3n) is 4.12. The van der Waals surface area contributed by atoms with Crippen LogP contribution in [0.5, 0.6) is 0 Å². The number of hydrogen-bond acceptors (Lipinski definition) is 3. The van der Waals surface area contributed by atoms with Gasteiger partial charge < -0.3 is 10.6 Å². The summed E-state index contributed by atoms with van der Waals surface area (Å²) in [7, 11) is 0. The zero-order valence-electron chi connectivity index (χ0n) is 15.9. The Labute approximate surface area is 179 Å². The van der Waals surface area contributed by atoms with Crippen LogP contribution in [0.2, 0.25) is 5.02 Å². The largest absolute Gasteiger partial charge is 0.326 e. The molecule has 148 valence electrons. The maximum Gasteiger partial charge on any atom is 0.234 e. The van der Waals surface area contributed by atoms with Crippen molar-refractivity contribution in [2.75, 3.05) is 16.4 Å². The molecule has 3 aromatic rings. The first-order chi connectivity index (χ1) is 14.0. The van der Waals surface area contributed by atoms with Gasteiger partial charge in [-0.1, -0.05) is 41.4 Å². The van der Waals surface area contributed by atoms with Crippen LogP contribution >= 0.6 is 23.4 Å². The molecule has 0 saturated heterocycles. The van der Waals surface area contributed by atoms with Gasteiger partial charge in [-0.3, -0.25) is 9.59 Å². The topological polar surface area (TPSA) is 58.2 Å². The first-order valence-electron chi connectivity index (χ1n) is 9.11. The molecule has 3 rings (SSSR count). The normalized spacial score (nSPS) is 10.4. The smallest absolute Gasteiger partial charge is 0.234 e. The van der Waals surface area contributed by atoms with Crippen LogP contribution in [0, 0.1) is 6.92 Å². The monoisotopic (exact) mass is 424 g/mol. The fourth-order valence-electron chi connectivity index (χ4n) is 2.61. The van der Waals surface area contributed by atoms with Crippen molar-refractivity contribution >= 4 is 46.6 Å². The van der Waals surface area contributed by atoms with Crippen molar-refractivity contribution in [1.29, 1.82) is 0 Å². The van der Waals surface area contributed by atoms with Crippen molar-refractivity contribution in [2.45, 2.75) is 18.2 Å². The average Bonchev–Trinajstić information content (AvgIpc) is 2.71. The molecule has 0 unspecified atom stereocenters. The van der Waals surface area contributed by atoms with E-state index in [0.717, 1.165) is 27.4 Å². The summed E-state index contributed by atoms with van der Waals surface area (Å²) < 4.78 is 0. The highest BCUT2D eigenvalue weighted by atomic mass is 35.5. The van der Waals surface area contributed by atoms with Crippen molar-refractivity contribution in [3.8, 4) is 0 Å². The molecule has 0 fully saturated rings. The number of amides is 2. The molecule has 4 nitrogen and oxygen atoms in total. The highest BCUT2D eigenvalue weighted by molar-refractivity contribution is 8.00. The molecule has 0 aliphatic heterocycles. The van der Waals surface area contributed by atoms with Gasteiger partial charge in [0.2, 0.25) is 11.8 Å². The number of benzene rings is 3. The Kier molecular flexibility index (Phi) is 7.33. The third kappa shape index (κ3) is 6.97. The maximum absolute atomic E-state index is 12.2. The van der Waals surface area contributed by atoms with Gasteiger partial charge in [0.25, 0.3) is 0 Å². The highest BCUT2D eigenvalue weighted by Crippen LogP contribution is 2.21. The van der Waals surface area contributed by atoms with Gasteiger partial charge in [0.1, 0.15) is 0 Å². The quantitative estimate of drug-likeness (QED) is 0.488. The minimum Gasteiger partial charge on any atom is -0.326 e. The van der Waals surface area contributed by atoms with Gasteiger partial charge in [-0.05, 0) is 61.0 Å². The Morgan fingerprint density at radius 2 is 1.34 bits per heavy atom. The Balaban J connectivity index is 1.45. The second kappa shape index (κ2) is 10.1. The number of carbonyl (C=O) groups excluding carboxylic acids is 2. The molecule has 0 radical (unpaired) electrons. The molecule has 0 bridgehead atoms. The molecule has 2 N–H and O–H groups in total. The third-order valence-corrected chi connectivity index (χ3v) is 5.39. The highest BCUT2D eigenvalue weighted by Gasteiger charge is 2.06. The minimum absolute atomic E-state index is 0.0563. The van der Waals surface area contributed by atoms with E-state index in [2.05, 4.69) is 10.6 Å². The molecule has 29 heavy (non-hydrogen) atoms. The van der Waals surface area contributed by atoms with Crippen LogP contribution in [0.25, 0.3) is 0 Å². The fraction of sp³-hybridized carbons (Fsp3) is 0.130. The molecule has 0 spiro atoms. The van der Waals surface area contributed by atoms with Crippen molar-refractivity contribution in [2.24, 2.45) is 0 Å². The first kappa shape index (κ1) is 21.0. The van der Waals surface area contributed by atoms with Gasteiger partial charge in [0.05, 0.1) is 12.2 Å². The summed E-state index contributed by atoms with van der Waals surface area (Å²) in [6, 6.07) is 22.4. The van der Waals surface area contributed by atoms with E-state index < -0.39 is 0 Å². The van der Waals surface area contributed by atoms with Gasteiger partial charge in [0, 0.05) is 21.3 Å². The molecule has 0 aliphatic carbocycles. The van der Waals surface area contributed by atoms with Gasteiger partial charge in [0.15, 0.2) is 0 Å². The lowest BCUT2D eigenvalue weighted by molar-refractivity contribution is -0.115. The Morgan fingerprint density at radius 1 is 0.793 bits per heavy atom. The predicted molar refractivity (Wildman–Crippen MR) is 121 cm³/mol. The predicted octanol–water partition coefficient (Wildman–Crippen LogP) is 5.56. The lowest BCUT2D eigenvalue weighted by atomic mass is 10.1. The second-order valence-corrected chi connectivity index (χ2v) is 8.06. The molecule has 6 heteroatoms. The summed E-state index contributed by atoms with van der Waals surface area (Å²) in [4.78, 5) is 25.2. The zero-order valence-corrected chi connectivity index (χ0v) is 17.5. The number of hydrogen-bond donors (Lipinski definition) is 2. The summed E-state index contributed by atoms with van der Waals surface area (Å²) in [5.74, 6) is 0.167. The Morgan fingerprint density at radius 3 is 1.97 bits per heavy atom. The molecule has 0 aliphatic rings. The summed E-state index contributed by atoms with van der Waals surface area (Å²) in [6.45, 7) is 2.01. The van der Waals surface area contributed by atoms with Crippen molar-refractivity contribution in [3.63, 3.8) is 0 Å². The minimum atomic E-state index is -0.0924. The van der Waals surface area contributed by atoms with Gasteiger partial charge in [-0.25, -0.2) is 0 Å². The van der Waals surface area contributed by atoms with E-state index in [1.807, 2.05) is 67.6 Å². The van der Waals surface area contributed by atoms with Crippen LogP contribution in [0.3, 0.4) is 0 Å². The van der Waals surface area contributed by atoms with Gasteiger partial charge in [-0.15, -0.1) is 11.8 Å². The lowest BCUT2D eigenvalue weighted by Crippen LogP contribution is -2.14. The maximum atomic E-state index is 12.2. The zero-order chi connectivity index (χ0) is 20.6. The molecular weight excluding hydrogens is 404 g/mol. The van der Waals surface area contributed by atoms with Gasteiger partial charge >= 0.3 is 0 Å². The number of carbonyl (C=O) groups is 2. The van der Waals surface area contributed by atoms with Crippen LogP contribution in [0.4, 0.5) is 11.4 Å². The molecule has 2 amide bonds. The van der Waals surface area contributed by atoms with E-state index in [1.54, 1.807) is 12.1 Å². The Hall–Kier alpha value is -2.76. The molecular formula is C23H21ClN2O2S. The van der Waals surface area contributed by atoms with Crippen molar-refractivity contribution < 1.29 is 9.59 Å². The van der Waals surface area contributed by atoms with Gasteiger partial charge in [-0.2, -0.15) is 0 Å². The van der Waals surface area contributed by atoms with Crippen LogP contribution in [-0.2, 0) is 16.0 Å². The number of halogens is 1. The molecule has 3 aromatic carbocycles. The molecule has 0 saturated carbocycles. The van der Waals surface area contributed by atoms with E-state index in [9.17, 15) is 9.59 Å². The summed E-state index contributed by atoms with van der Waals surface area (Å²) >= 11 is 7.30. The van der Waals surface area contributed by atoms with Crippen molar-refractivity contribution in [3.05, 3.63) is 88.9 Å². The van der Waals surface area contributed by atoms with Crippen LogP contribution in [0.15, 0.2) is 77.7 Å². The van der Waals surface area contributed by atoms with E-state index in [-0.39, 0.29) is 18.2 Å². The summed E-state index contributed by atoms with van der Waals surface area (Å²) in [6.07, 6.45) is 0.285. The van der Waals surface area contributed by atoms with Crippen molar-refractivity contribution in [1.82, 2.24) is 0 Å². The van der Waals surface area contributed by atoms with Crippen LogP contribution in [0.1, 0.15) is 11.1 Å².